The summed E-state index contributed by atoms with van der Waals surface area (Å²) in [7, 11) is 0. The molecule has 1 aromatic rings. The number of rotatable bonds is 3. The van der Waals surface area contributed by atoms with Gasteiger partial charge in [0.1, 0.15) is 24.4 Å². The van der Waals surface area contributed by atoms with E-state index in [2.05, 4.69) is 9.97 Å². The number of nitrogens with zero attached hydrogens (tertiary/aromatic N) is 3. The quantitative estimate of drug-likeness (QED) is 0.920. The van der Waals surface area contributed by atoms with E-state index < -0.39 is 18.6 Å². The van der Waals surface area contributed by atoms with Crippen LogP contribution >= 0.6 is 0 Å². The average molecular weight is 288 g/mol. The fourth-order valence-corrected chi connectivity index (χ4v) is 2.04. The predicted octanol–water partition coefficient (Wildman–Crippen LogP) is 1.76. The summed E-state index contributed by atoms with van der Waals surface area (Å²) in [6.45, 7) is 0.302. The van der Waals surface area contributed by atoms with E-state index in [-0.39, 0.29) is 5.69 Å². The SMILES string of the molecule is O=C(NCC(F)(F)F)c1cc(N2CCCCC2)ncn1. The van der Waals surface area contributed by atoms with Crippen molar-refractivity contribution in [2.75, 3.05) is 24.5 Å². The van der Waals surface area contributed by atoms with E-state index >= 15 is 0 Å². The molecule has 8 heteroatoms. The molecule has 0 radical (unpaired) electrons. The number of carbonyl (C=O) groups excluding carboxylic acids is 1. The second-order valence-corrected chi connectivity index (χ2v) is 4.61. The highest BCUT2D eigenvalue weighted by atomic mass is 19.4. The summed E-state index contributed by atoms with van der Waals surface area (Å²) in [6, 6.07) is 1.43. The van der Waals surface area contributed by atoms with Crippen molar-refractivity contribution in [1.29, 1.82) is 0 Å². The van der Waals surface area contributed by atoms with Gasteiger partial charge in [-0.3, -0.25) is 4.79 Å². The van der Waals surface area contributed by atoms with Crippen LogP contribution in [0.2, 0.25) is 0 Å². The molecule has 1 N–H and O–H groups in total. The highest BCUT2D eigenvalue weighted by molar-refractivity contribution is 5.92. The first-order valence-corrected chi connectivity index (χ1v) is 6.38. The highest BCUT2D eigenvalue weighted by Gasteiger charge is 2.28. The van der Waals surface area contributed by atoms with Crippen LogP contribution in [0, 0.1) is 0 Å². The number of anilines is 1. The van der Waals surface area contributed by atoms with E-state index in [9.17, 15) is 18.0 Å². The Hall–Kier alpha value is -1.86. The first-order valence-electron chi connectivity index (χ1n) is 6.38. The Kier molecular flexibility index (Phi) is 4.41. The number of carbonyl (C=O) groups is 1. The van der Waals surface area contributed by atoms with Crippen molar-refractivity contribution in [1.82, 2.24) is 15.3 Å². The molecule has 1 aliphatic rings. The second kappa shape index (κ2) is 6.06. The van der Waals surface area contributed by atoms with Crippen molar-refractivity contribution >= 4 is 11.7 Å². The summed E-state index contributed by atoms with van der Waals surface area (Å²) >= 11 is 0. The fraction of sp³-hybridized carbons (Fsp3) is 0.583. The number of hydrogen-bond donors (Lipinski definition) is 1. The van der Waals surface area contributed by atoms with Gasteiger partial charge in [0.15, 0.2) is 0 Å². The van der Waals surface area contributed by atoms with Crippen molar-refractivity contribution in [2.45, 2.75) is 25.4 Å². The Morgan fingerprint density at radius 1 is 1.25 bits per heavy atom. The first-order chi connectivity index (χ1) is 9.46. The van der Waals surface area contributed by atoms with Crippen LogP contribution in [0.5, 0.6) is 0 Å². The molecule has 0 aromatic carbocycles. The molecule has 1 fully saturated rings. The maximum absolute atomic E-state index is 12.0. The maximum Gasteiger partial charge on any atom is 0.405 e. The molecule has 0 spiro atoms. The number of piperidine rings is 1. The van der Waals surface area contributed by atoms with Crippen molar-refractivity contribution < 1.29 is 18.0 Å². The summed E-state index contributed by atoms with van der Waals surface area (Å²) < 4.78 is 36.1. The molecule has 5 nitrogen and oxygen atoms in total. The molecule has 0 bridgehead atoms. The molecule has 1 saturated heterocycles. The number of amides is 1. The van der Waals surface area contributed by atoms with Gasteiger partial charge in [-0.2, -0.15) is 13.2 Å². The van der Waals surface area contributed by atoms with Crippen LogP contribution in [0.3, 0.4) is 0 Å². The van der Waals surface area contributed by atoms with E-state index in [0.717, 1.165) is 32.4 Å². The Labute approximate surface area is 114 Å². The highest BCUT2D eigenvalue weighted by Crippen LogP contribution is 2.17. The van der Waals surface area contributed by atoms with Crippen LogP contribution in [-0.2, 0) is 0 Å². The smallest absolute Gasteiger partial charge is 0.357 e. The summed E-state index contributed by atoms with van der Waals surface area (Å²) in [5.74, 6) is -0.264. The van der Waals surface area contributed by atoms with Crippen LogP contribution in [-0.4, -0.2) is 41.7 Å². The Bertz CT molecular complexity index is 472. The number of halogens is 3. The molecule has 20 heavy (non-hydrogen) atoms. The Balaban J connectivity index is 2.03. The molecule has 0 atom stereocenters. The van der Waals surface area contributed by atoms with Gasteiger partial charge in [0.2, 0.25) is 0 Å². The van der Waals surface area contributed by atoms with E-state index in [1.807, 2.05) is 4.90 Å². The lowest BCUT2D eigenvalue weighted by atomic mass is 10.1. The van der Waals surface area contributed by atoms with Gasteiger partial charge in [-0.25, -0.2) is 9.97 Å². The second-order valence-electron chi connectivity index (χ2n) is 4.61. The van der Waals surface area contributed by atoms with E-state index in [1.165, 1.54) is 12.4 Å². The largest absolute Gasteiger partial charge is 0.405 e. The van der Waals surface area contributed by atoms with Gasteiger partial charge >= 0.3 is 6.18 Å². The third-order valence-electron chi connectivity index (χ3n) is 3.01. The third kappa shape index (κ3) is 4.07. The normalized spacial score (nSPS) is 16.1. The lowest BCUT2D eigenvalue weighted by Crippen LogP contribution is -2.35. The van der Waals surface area contributed by atoms with Crippen molar-refractivity contribution in [2.24, 2.45) is 0 Å². The van der Waals surface area contributed by atoms with Gasteiger partial charge in [0.25, 0.3) is 5.91 Å². The molecule has 1 aromatic heterocycles. The molecular weight excluding hydrogens is 273 g/mol. The number of aromatic nitrogens is 2. The molecule has 0 unspecified atom stereocenters. The van der Waals surface area contributed by atoms with E-state index in [0.29, 0.717) is 5.82 Å². The zero-order chi connectivity index (χ0) is 14.6. The van der Waals surface area contributed by atoms with Gasteiger partial charge in [-0.1, -0.05) is 0 Å². The van der Waals surface area contributed by atoms with Crippen LogP contribution in [0.4, 0.5) is 19.0 Å². The third-order valence-corrected chi connectivity index (χ3v) is 3.01. The minimum absolute atomic E-state index is 0.0511. The standard InChI is InChI=1S/C12H15F3N4O/c13-12(14,15)7-16-11(20)9-6-10(18-8-17-9)19-4-2-1-3-5-19/h6,8H,1-5,7H2,(H,16,20). The van der Waals surface area contributed by atoms with E-state index in [1.54, 1.807) is 5.32 Å². The molecule has 0 aliphatic carbocycles. The topological polar surface area (TPSA) is 58.1 Å². The van der Waals surface area contributed by atoms with Gasteiger partial charge in [-0.15, -0.1) is 0 Å². The molecule has 2 heterocycles. The summed E-state index contributed by atoms with van der Waals surface area (Å²) in [6.07, 6.45) is 0.00452. The van der Waals surface area contributed by atoms with Gasteiger partial charge < -0.3 is 10.2 Å². The Morgan fingerprint density at radius 2 is 1.95 bits per heavy atom. The van der Waals surface area contributed by atoms with Crippen molar-refractivity contribution in [3.8, 4) is 0 Å². The monoisotopic (exact) mass is 288 g/mol. The fourth-order valence-electron chi connectivity index (χ4n) is 2.04. The van der Waals surface area contributed by atoms with Gasteiger partial charge in [0, 0.05) is 19.2 Å². The molecule has 2 rings (SSSR count). The van der Waals surface area contributed by atoms with Crippen LogP contribution in [0.15, 0.2) is 12.4 Å². The maximum atomic E-state index is 12.0. The molecule has 0 saturated carbocycles. The molecule has 1 aliphatic heterocycles. The number of alkyl halides is 3. The van der Waals surface area contributed by atoms with E-state index in [4.69, 9.17) is 0 Å². The summed E-state index contributed by atoms with van der Waals surface area (Å²) in [5, 5.41) is 1.80. The zero-order valence-electron chi connectivity index (χ0n) is 10.8. The molecular formula is C12H15F3N4O. The lowest BCUT2D eigenvalue weighted by molar-refractivity contribution is -0.123. The van der Waals surface area contributed by atoms with Crippen LogP contribution in [0.25, 0.3) is 0 Å². The first kappa shape index (κ1) is 14.5. The van der Waals surface area contributed by atoms with Crippen molar-refractivity contribution in [3.63, 3.8) is 0 Å². The molecule has 110 valence electrons. The van der Waals surface area contributed by atoms with Gasteiger partial charge in [-0.05, 0) is 19.3 Å². The lowest BCUT2D eigenvalue weighted by Gasteiger charge is -2.27. The minimum atomic E-state index is -4.43. The average Bonchev–Trinajstić information content (AvgIpc) is 2.45. The van der Waals surface area contributed by atoms with Crippen LogP contribution in [0.1, 0.15) is 29.8 Å². The summed E-state index contributed by atoms with van der Waals surface area (Å²) in [5.41, 5.74) is -0.0511. The number of hydrogen-bond acceptors (Lipinski definition) is 4. The van der Waals surface area contributed by atoms with Crippen molar-refractivity contribution in [3.05, 3.63) is 18.1 Å². The van der Waals surface area contributed by atoms with Crippen LogP contribution < -0.4 is 10.2 Å². The predicted molar refractivity (Wildman–Crippen MR) is 66.5 cm³/mol. The Morgan fingerprint density at radius 3 is 2.60 bits per heavy atom. The summed E-state index contributed by atoms with van der Waals surface area (Å²) in [4.78, 5) is 21.4. The zero-order valence-corrected chi connectivity index (χ0v) is 10.8. The van der Waals surface area contributed by atoms with Gasteiger partial charge in [0.05, 0.1) is 0 Å². The number of nitrogens with one attached hydrogen (secondary N) is 1. The molecule has 1 amide bonds. The minimum Gasteiger partial charge on any atom is -0.357 e.